The molecule has 1 aromatic heterocycles. The van der Waals surface area contributed by atoms with E-state index in [0.29, 0.717) is 36.6 Å². The number of aromatic nitrogens is 1. The fraction of sp³-hybridized carbons (Fsp3) is 0. The van der Waals surface area contributed by atoms with Crippen LogP contribution in [0.1, 0.15) is 0 Å². The first-order chi connectivity index (χ1) is 11.0. The highest BCUT2D eigenvalue weighted by Crippen LogP contribution is 2.40. The van der Waals surface area contributed by atoms with Crippen molar-refractivity contribution >= 4 is 62.0 Å². The zero-order valence-corrected chi connectivity index (χ0v) is 14.6. The zero-order valence-electron chi connectivity index (χ0n) is 11.5. The SMILES string of the molecule is Nc1nc(-c2ccccc2)c(N=Nc2c(Cl)cc(Cl)cc2Cl)s1. The van der Waals surface area contributed by atoms with Crippen LogP contribution >= 0.6 is 46.1 Å². The number of hydrogen-bond donors (Lipinski definition) is 1. The average molecular weight is 384 g/mol. The maximum absolute atomic E-state index is 6.10. The van der Waals surface area contributed by atoms with E-state index in [1.165, 1.54) is 11.3 Å². The molecule has 8 heteroatoms. The van der Waals surface area contributed by atoms with Crippen LogP contribution in [-0.2, 0) is 0 Å². The lowest BCUT2D eigenvalue weighted by molar-refractivity contribution is 1.24. The van der Waals surface area contributed by atoms with Gasteiger partial charge in [-0.3, -0.25) is 0 Å². The Labute approximate surface area is 151 Å². The third-order valence-corrected chi connectivity index (χ3v) is 4.46. The fourth-order valence-corrected chi connectivity index (χ4v) is 3.47. The Morgan fingerprint density at radius 2 is 1.61 bits per heavy atom. The second kappa shape index (κ2) is 6.84. The topological polar surface area (TPSA) is 63.6 Å². The summed E-state index contributed by atoms with van der Waals surface area (Å²) in [5.74, 6) is 0. The van der Waals surface area contributed by atoms with Crippen LogP contribution in [0.25, 0.3) is 11.3 Å². The third kappa shape index (κ3) is 3.64. The summed E-state index contributed by atoms with van der Waals surface area (Å²) in [7, 11) is 0. The van der Waals surface area contributed by atoms with E-state index in [4.69, 9.17) is 40.5 Å². The quantitative estimate of drug-likeness (QED) is 0.507. The number of nitrogen functional groups attached to an aromatic ring is 1. The maximum atomic E-state index is 6.10. The Kier molecular flexibility index (Phi) is 4.82. The Morgan fingerprint density at radius 3 is 2.26 bits per heavy atom. The van der Waals surface area contributed by atoms with Crippen molar-refractivity contribution in [2.24, 2.45) is 10.2 Å². The van der Waals surface area contributed by atoms with Crippen molar-refractivity contribution in [1.82, 2.24) is 4.98 Å². The first kappa shape index (κ1) is 16.2. The van der Waals surface area contributed by atoms with E-state index in [1.807, 2.05) is 30.3 Å². The molecule has 116 valence electrons. The van der Waals surface area contributed by atoms with Crippen LogP contribution in [0.3, 0.4) is 0 Å². The molecule has 0 bridgehead atoms. The molecule has 0 atom stereocenters. The van der Waals surface area contributed by atoms with E-state index in [0.717, 1.165) is 5.56 Å². The Morgan fingerprint density at radius 1 is 0.957 bits per heavy atom. The predicted molar refractivity (Wildman–Crippen MR) is 97.6 cm³/mol. The summed E-state index contributed by atoms with van der Waals surface area (Å²) in [6.45, 7) is 0. The number of nitrogens with two attached hydrogens (primary N) is 1. The van der Waals surface area contributed by atoms with Gasteiger partial charge in [-0.15, -0.1) is 10.2 Å². The third-order valence-electron chi connectivity index (χ3n) is 2.90. The van der Waals surface area contributed by atoms with E-state index in [1.54, 1.807) is 12.1 Å². The minimum atomic E-state index is 0.324. The van der Waals surface area contributed by atoms with Gasteiger partial charge in [0.2, 0.25) is 0 Å². The number of nitrogens with zero attached hydrogens (tertiary/aromatic N) is 3. The monoisotopic (exact) mass is 382 g/mol. The van der Waals surface area contributed by atoms with Crippen LogP contribution in [-0.4, -0.2) is 4.98 Å². The summed E-state index contributed by atoms with van der Waals surface area (Å²) >= 11 is 19.3. The number of rotatable bonds is 3. The summed E-state index contributed by atoms with van der Waals surface area (Å²) in [6.07, 6.45) is 0. The molecule has 0 fully saturated rings. The minimum absolute atomic E-state index is 0.324. The van der Waals surface area contributed by atoms with Gasteiger partial charge in [-0.25, -0.2) is 4.98 Å². The average Bonchev–Trinajstić information content (AvgIpc) is 2.88. The summed E-state index contributed by atoms with van der Waals surface area (Å²) in [6, 6.07) is 12.7. The molecule has 4 nitrogen and oxygen atoms in total. The van der Waals surface area contributed by atoms with Gasteiger partial charge < -0.3 is 5.73 Å². The minimum Gasteiger partial charge on any atom is -0.375 e. The molecule has 3 rings (SSSR count). The van der Waals surface area contributed by atoms with E-state index in [9.17, 15) is 0 Å². The molecule has 0 aliphatic carbocycles. The molecule has 23 heavy (non-hydrogen) atoms. The highest BCUT2D eigenvalue weighted by molar-refractivity contribution is 7.19. The van der Waals surface area contributed by atoms with Crippen LogP contribution in [0.15, 0.2) is 52.7 Å². The van der Waals surface area contributed by atoms with Gasteiger partial charge in [-0.1, -0.05) is 76.5 Å². The molecular formula is C15H9Cl3N4S. The first-order valence-corrected chi connectivity index (χ1v) is 8.37. The first-order valence-electron chi connectivity index (χ1n) is 6.42. The van der Waals surface area contributed by atoms with E-state index >= 15 is 0 Å². The molecule has 0 radical (unpaired) electrons. The van der Waals surface area contributed by atoms with Gasteiger partial charge in [-0.05, 0) is 12.1 Å². The normalized spacial score (nSPS) is 11.3. The van der Waals surface area contributed by atoms with Crippen molar-refractivity contribution in [3.63, 3.8) is 0 Å². The Hall–Kier alpha value is -1.66. The van der Waals surface area contributed by atoms with E-state index < -0.39 is 0 Å². The lowest BCUT2D eigenvalue weighted by Gasteiger charge is -2.01. The standard InChI is InChI=1S/C15H9Cl3N4S/c16-9-6-10(17)13(11(18)7-9)21-22-14-12(20-15(19)23-14)8-4-2-1-3-5-8/h1-7H,(H2,19,20). The number of benzene rings is 2. The number of azo groups is 1. The van der Waals surface area contributed by atoms with Crippen LogP contribution in [0.2, 0.25) is 15.1 Å². The second-order valence-corrected chi connectivity index (χ2v) is 6.75. The molecule has 0 spiro atoms. The molecule has 1 heterocycles. The molecule has 0 unspecified atom stereocenters. The molecule has 0 saturated carbocycles. The molecule has 0 saturated heterocycles. The Bertz CT molecular complexity index is 855. The fourth-order valence-electron chi connectivity index (χ4n) is 1.91. The van der Waals surface area contributed by atoms with Crippen LogP contribution < -0.4 is 5.73 Å². The van der Waals surface area contributed by atoms with Gasteiger partial charge in [0.25, 0.3) is 0 Å². The Balaban J connectivity index is 2.02. The second-order valence-electron chi connectivity index (χ2n) is 4.49. The van der Waals surface area contributed by atoms with Gasteiger partial charge >= 0.3 is 0 Å². The molecule has 0 aliphatic rings. The largest absolute Gasteiger partial charge is 0.375 e. The van der Waals surface area contributed by atoms with E-state index in [-0.39, 0.29) is 0 Å². The summed E-state index contributed by atoms with van der Waals surface area (Å²) in [5.41, 5.74) is 7.72. The number of anilines is 1. The van der Waals surface area contributed by atoms with Crippen molar-refractivity contribution in [3.05, 3.63) is 57.5 Å². The molecule has 2 aromatic carbocycles. The lowest BCUT2D eigenvalue weighted by atomic mass is 10.2. The van der Waals surface area contributed by atoms with Crippen molar-refractivity contribution in [2.45, 2.75) is 0 Å². The van der Waals surface area contributed by atoms with Gasteiger partial charge in [0.1, 0.15) is 11.4 Å². The number of halogens is 3. The highest BCUT2D eigenvalue weighted by atomic mass is 35.5. The predicted octanol–water partition coefficient (Wildman–Crippen LogP) is 6.77. The smallest absolute Gasteiger partial charge is 0.182 e. The van der Waals surface area contributed by atoms with Gasteiger partial charge in [0.15, 0.2) is 10.1 Å². The van der Waals surface area contributed by atoms with Crippen LogP contribution in [0, 0.1) is 0 Å². The molecule has 2 N–H and O–H groups in total. The van der Waals surface area contributed by atoms with Crippen molar-refractivity contribution < 1.29 is 0 Å². The summed E-state index contributed by atoms with van der Waals surface area (Å²) in [4.78, 5) is 4.31. The lowest BCUT2D eigenvalue weighted by Crippen LogP contribution is -1.82. The number of hydrogen-bond acceptors (Lipinski definition) is 5. The molecule has 0 aliphatic heterocycles. The van der Waals surface area contributed by atoms with Crippen LogP contribution in [0.4, 0.5) is 15.8 Å². The number of thiazole rings is 1. The summed E-state index contributed by atoms with van der Waals surface area (Å²) < 4.78 is 0. The van der Waals surface area contributed by atoms with Crippen molar-refractivity contribution in [2.75, 3.05) is 5.73 Å². The zero-order chi connectivity index (χ0) is 16.4. The van der Waals surface area contributed by atoms with Gasteiger partial charge in [0.05, 0.1) is 10.0 Å². The highest BCUT2D eigenvalue weighted by Gasteiger charge is 2.12. The molecule has 3 aromatic rings. The van der Waals surface area contributed by atoms with Crippen molar-refractivity contribution in [1.29, 1.82) is 0 Å². The van der Waals surface area contributed by atoms with Gasteiger partial charge in [-0.2, -0.15) is 0 Å². The van der Waals surface area contributed by atoms with Crippen LogP contribution in [0.5, 0.6) is 0 Å². The van der Waals surface area contributed by atoms with E-state index in [2.05, 4.69) is 15.2 Å². The van der Waals surface area contributed by atoms with Crippen molar-refractivity contribution in [3.8, 4) is 11.3 Å². The summed E-state index contributed by atoms with van der Waals surface area (Å²) in [5, 5.41) is 10.4. The molecular weight excluding hydrogens is 375 g/mol. The maximum Gasteiger partial charge on any atom is 0.182 e. The van der Waals surface area contributed by atoms with Gasteiger partial charge in [0, 0.05) is 10.6 Å². The molecule has 0 amide bonds.